The SMILES string of the molecule is COc1ccc(C2=N/C(=C/C=C/c3ccccc3)C(=O)O2)cc1. The van der Waals surface area contributed by atoms with E-state index in [1.54, 1.807) is 43.5 Å². The van der Waals surface area contributed by atoms with Crippen molar-refractivity contribution in [2.45, 2.75) is 0 Å². The number of benzene rings is 2. The van der Waals surface area contributed by atoms with E-state index in [4.69, 9.17) is 9.47 Å². The number of cyclic esters (lactones) is 1. The Morgan fingerprint density at radius 3 is 2.48 bits per heavy atom. The highest BCUT2D eigenvalue weighted by Gasteiger charge is 2.23. The molecule has 0 saturated heterocycles. The fourth-order valence-electron chi connectivity index (χ4n) is 2.09. The summed E-state index contributed by atoms with van der Waals surface area (Å²) in [5.41, 5.74) is 2.06. The molecule has 2 aromatic rings. The highest BCUT2D eigenvalue weighted by atomic mass is 16.6. The lowest BCUT2D eigenvalue weighted by Crippen LogP contribution is -2.05. The number of aliphatic imine (C=N–C) groups is 1. The van der Waals surface area contributed by atoms with Crippen LogP contribution in [0.4, 0.5) is 0 Å². The molecule has 0 amide bonds. The van der Waals surface area contributed by atoms with Crippen LogP contribution < -0.4 is 4.74 Å². The first-order chi connectivity index (χ1) is 11.3. The molecule has 2 aromatic carbocycles. The van der Waals surface area contributed by atoms with Gasteiger partial charge in [-0.25, -0.2) is 9.79 Å². The van der Waals surface area contributed by atoms with Crippen LogP contribution in [0.2, 0.25) is 0 Å². The third-order valence-electron chi connectivity index (χ3n) is 3.30. The van der Waals surface area contributed by atoms with Crippen molar-refractivity contribution in [3.8, 4) is 5.75 Å². The van der Waals surface area contributed by atoms with Gasteiger partial charge in [0.15, 0.2) is 5.70 Å². The lowest BCUT2D eigenvalue weighted by molar-refractivity contribution is -0.130. The molecule has 114 valence electrons. The molecule has 0 radical (unpaired) electrons. The van der Waals surface area contributed by atoms with Crippen molar-refractivity contribution >= 4 is 17.9 Å². The number of allylic oxidation sites excluding steroid dienone is 2. The number of esters is 1. The number of ether oxygens (including phenoxy) is 2. The van der Waals surface area contributed by atoms with E-state index in [0.29, 0.717) is 5.90 Å². The van der Waals surface area contributed by atoms with Crippen molar-refractivity contribution in [2.24, 2.45) is 4.99 Å². The van der Waals surface area contributed by atoms with Gasteiger partial charge in [0.2, 0.25) is 5.90 Å². The van der Waals surface area contributed by atoms with Gasteiger partial charge in [-0.2, -0.15) is 0 Å². The van der Waals surface area contributed by atoms with Crippen LogP contribution in [-0.4, -0.2) is 19.0 Å². The summed E-state index contributed by atoms with van der Waals surface area (Å²) < 4.78 is 10.3. The molecule has 0 bridgehead atoms. The Hall–Kier alpha value is -3.14. The van der Waals surface area contributed by atoms with Crippen LogP contribution in [-0.2, 0) is 9.53 Å². The van der Waals surface area contributed by atoms with Crippen molar-refractivity contribution in [3.63, 3.8) is 0 Å². The minimum absolute atomic E-state index is 0.281. The Balaban J connectivity index is 1.77. The number of methoxy groups -OCH3 is 1. The summed E-state index contributed by atoms with van der Waals surface area (Å²) in [6.45, 7) is 0. The second-order valence-electron chi connectivity index (χ2n) is 4.86. The average Bonchev–Trinajstić information content (AvgIpc) is 2.97. The van der Waals surface area contributed by atoms with E-state index in [1.807, 2.05) is 36.4 Å². The molecule has 1 heterocycles. The van der Waals surface area contributed by atoms with Gasteiger partial charge in [-0.3, -0.25) is 0 Å². The summed E-state index contributed by atoms with van der Waals surface area (Å²) in [7, 11) is 1.60. The predicted octanol–water partition coefficient (Wildman–Crippen LogP) is 3.60. The van der Waals surface area contributed by atoms with Crippen LogP contribution in [0, 0.1) is 0 Å². The topological polar surface area (TPSA) is 47.9 Å². The first-order valence-electron chi connectivity index (χ1n) is 7.15. The Morgan fingerprint density at radius 1 is 1.04 bits per heavy atom. The van der Waals surface area contributed by atoms with Crippen molar-refractivity contribution in [3.05, 3.63) is 83.6 Å². The van der Waals surface area contributed by atoms with Gasteiger partial charge in [-0.15, -0.1) is 0 Å². The number of carbonyl (C=O) groups excluding carboxylic acids is 1. The Bertz CT molecular complexity index is 787. The van der Waals surface area contributed by atoms with Crippen LogP contribution in [0.5, 0.6) is 5.75 Å². The van der Waals surface area contributed by atoms with Gasteiger partial charge in [0.25, 0.3) is 0 Å². The molecule has 23 heavy (non-hydrogen) atoms. The Labute approximate surface area is 134 Å². The molecule has 0 spiro atoms. The lowest BCUT2D eigenvalue weighted by atomic mass is 10.2. The Kier molecular flexibility index (Phi) is 4.34. The highest BCUT2D eigenvalue weighted by Crippen LogP contribution is 2.19. The molecule has 3 rings (SSSR count). The maximum absolute atomic E-state index is 11.9. The van der Waals surface area contributed by atoms with Crippen molar-refractivity contribution < 1.29 is 14.3 Å². The molecule has 4 heteroatoms. The molecule has 4 nitrogen and oxygen atoms in total. The third-order valence-corrected chi connectivity index (χ3v) is 3.30. The van der Waals surface area contributed by atoms with Gasteiger partial charge in [0.05, 0.1) is 7.11 Å². The predicted molar refractivity (Wildman–Crippen MR) is 89.2 cm³/mol. The van der Waals surface area contributed by atoms with E-state index in [0.717, 1.165) is 16.9 Å². The molecular formula is C19H15NO3. The van der Waals surface area contributed by atoms with E-state index in [1.165, 1.54) is 0 Å². The second kappa shape index (κ2) is 6.75. The summed E-state index contributed by atoms with van der Waals surface area (Å²) in [4.78, 5) is 16.1. The van der Waals surface area contributed by atoms with Gasteiger partial charge in [0.1, 0.15) is 5.75 Å². The monoisotopic (exact) mass is 305 g/mol. The zero-order valence-electron chi connectivity index (χ0n) is 12.6. The Morgan fingerprint density at radius 2 is 1.78 bits per heavy atom. The van der Waals surface area contributed by atoms with Gasteiger partial charge < -0.3 is 9.47 Å². The molecule has 0 aromatic heterocycles. The summed E-state index contributed by atoms with van der Waals surface area (Å²) in [6, 6.07) is 17.0. The molecule has 0 aliphatic carbocycles. The summed E-state index contributed by atoms with van der Waals surface area (Å²) in [5, 5.41) is 0. The van der Waals surface area contributed by atoms with E-state index in [-0.39, 0.29) is 5.70 Å². The summed E-state index contributed by atoms with van der Waals surface area (Å²) in [6.07, 6.45) is 5.33. The first kappa shape index (κ1) is 14.8. The zero-order valence-corrected chi connectivity index (χ0v) is 12.6. The molecule has 1 aliphatic rings. The van der Waals surface area contributed by atoms with E-state index in [9.17, 15) is 4.79 Å². The van der Waals surface area contributed by atoms with Crippen LogP contribution in [0.3, 0.4) is 0 Å². The van der Waals surface area contributed by atoms with Crippen LogP contribution in [0.25, 0.3) is 6.08 Å². The molecular weight excluding hydrogens is 290 g/mol. The third kappa shape index (κ3) is 3.55. The normalized spacial score (nSPS) is 15.8. The van der Waals surface area contributed by atoms with Crippen molar-refractivity contribution in [1.29, 1.82) is 0 Å². The lowest BCUT2D eigenvalue weighted by Gasteiger charge is -2.01. The number of rotatable bonds is 4. The molecule has 1 aliphatic heterocycles. The number of carbonyl (C=O) groups is 1. The van der Waals surface area contributed by atoms with Gasteiger partial charge in [-0.1, -0.05) is 42.5 Å². The largest absolute Gasteiger partial charge is 0.497 e. The van der Waals surface area contributed by atoms with Crippen LogP contribution in [0.15, 0.2) is 77.4 Å². The number of nitrogens with zero attached hydrogens (tertiary/aromatic N) is 1. The van der Waals surface area contributed by atoms with E-state index in [2.05, 4.69) is 4.99 Å². The van der Waals surface area contributed by atoms with Crippen LogP contribution >= 0.6 is 0 Å². The molecule has 0 unspecified atom stereocenters. The highest BCUT2D eigenvalue weighted by molar-refractivity contribution is 6.11. The van der Waals surface area contributed by atoms with Gasteiger partial charge in [-0.05, 0) is 35.9 Å². The summed E-state index contributed by atoms with van der Waals surface area (Å²) in [5.74, 6) is 0.589. The standard InChI is InChI=1S/C19H15NO3/c1-22-16-12-10-15(11-13-16)18-20-17(19(21)23-18)9-5-8-14-6-3-2-4-7-14/h2-13H,1H3/b8-5+,17-9+. The number of hydrogen-bond donors (Lipinski definition) is 0. The van der Waals surface area contributed by atoms with E-state index >= 15 is 0 Å². The maximum atomic E-state index is 11.9. The summed E-state index contributed by atoms with van der Waals surface area (Å²) >= 11 is 0. The van der Waals surface area contributed by atoms with Crippen molar-refractivity contribution in [1.82, 2.24) is 0 Å². The van der Waals surface area contributed by atoms with Gasteiger partial charge in [0, 0.05) is 5.56 Å². The average molecular weight is 305 g/mol. The molecule has 0 fully saturated rings. The zero-order chi connectivity index (χ0) is 16.1. The maximum Gasteiger partial charge on any atom is 0.363 e. The van der Waals surface area contributed by atoms with Gasteiger partial charge >= 0.3 is 5.97 Å². The van der Waals surface area contributed by atoms with Crippen LogP contribution in [0.1, 0.15) is 11.1 Å². The smallest absolute Gasteiger partial charge is 0.363 e. The molecule has 0 N–H and O–H groups in total. The minimum atomic E-state index is -0.450. The van der Waals surface area contributed by atoms with E-state index < -0.39 is 5.97 Å². The fraction of sp³-hybridized carbons (Fsp3) is 0.0526. The molecule has 0 atom stereocenters. The first-order valence-corrected chi connectivity index (χ1v) is 7.15. The second-order valence-corrected chi connectivity index (χ2v) is 4.86. The molecule has 0 saturated carbocycles. The van der Waals surface area contributed by atoms with Crippen molar-refractivity contribution in [2.75, 3.05) is 7.11 Å². The fourth-order valence-corrected chi connectivity index (χ4v) is 2.09. The minimum Gasteiger partial charge on any atom is -0.497 e. The number of hydrogen-bond acceptors (Lipinski definition) is 4. The quantitative estimate of drug-likeness (QED) is 0.640.